The lowest BCUT2D eigenvalue weighted by Crippen LogP contribution is -2.22. The smallest absolute Gasteiger partial charge is 0.287 e. The molecule has 0 saturated heterocycles. The number of benzene rings is 2. The Bertz CT molecular complexity index is 993. The van der Waals surface area contributed by atoms with Crippen molar-refractivity contribution in [2.75, 3.05) is 6.79 Å². The zero-order valence-electron chi connectivity index (χ0n) is 13.8. The van der Waals surface area contributed by atoms with Crippen molar-refractivity contribution in [1.82, 2.24) is 5.32 Å². The second kappa shape index (κ2) is 6.01. The second-order valence-corrected chi connectivity index (χ2v) is 6.46. The molecule has 1 aliphatic heterocycles. The Kier molecular flexibility index (Phi) is 3.81. The second-order valence-electron chi connectivity index (χ2n) is 6.05. The Morgan fingerprint density at radius 2 is 1.96 bits per heavy atom. The third kappa shape index (κ3) is 2.81. The molecule has 1 aliphatic rings. The predicted molar refractivity (Wildman–Crippen MR) is 94.4 cm³/mol. The molecular weight excluding hydrogens is 342 g/mol. The summed E-state index contributed by atoms with van der Waals surface area (Å²) in [5.74, 6) is 1.41. The van der Waals surface area contributed by atoms with Gasteiger partial charge in [-0.1, -0.05) is 17.7 Å². The lowest BCUT2D eigenvalue weighted by Gasteiger charge is -2.05. The highest BCUT2D eigenvalue weighted by molar-refractivity contribution is 6.35. The molecule has 1 amide bonds. The van der Waals surface area contributed by atoms with E-state index >= 15 is 0 Å². The van der Waals surface area contributed by atoms with Gasteiger partial charge in [0.05, 0.1) is 5.02 Å². The summed E-state index contributed by atoms with van der Waals surface area (Å²) in [6.45, 7) is 4.40. The maximum Gasteiger partial charge on any atom is 0.287 e. The molecule has 2 heterocycles. The van der Waals surface area contributed by atoms with Crippen molar-refractivity contribution < 1.29 is 18.7 Å². The van der Waals surface area contributed by atoms with Crippen LogP contribution in [0.25, 0.3) is 11.0 Å². The normalized spacial score (nSPS) is 12.6. The summed E-state index contributed by atoms with van der Waals surface area (Å²) in [7, 11) is 0. The first-order valence-corrected chi connectivity index (χ1v) is 8.26. The lowest BCUT2D eigenvalue weighted by molar-refractivity contribution is 0.0924. The Morgan fingerprint density at radius 3 is 2.80 bits per heavy atom. The van der Waals surface area contributed by atoms with Gasteiger partial charge < -0.3 is 19.2 Å². The number of aryl methyl sites for hydroxylation is 2. The van der Waals surface area contributed by atoms with Crippen molar-refractivity contribution in [3.8, 4) is 11.5 Å². The van der Waals surface area contributed by atoms with E-state index in [1.54, 1.807) is 0 Å². The number of furan rings is 1. The maximum atomic E-state index is 12.5. The van der Waals surface area contributed by atoms with E-state index in [1.807, 2.05) is 44.2 Å². The van der Waals surface area contributed by atoms with E-state index in [0.717, 1.165) is 22.1 Å². The molecule has 0 spiro atoms. The van der Waals surface area contributed by atoms with Gasteiger partial charge in [0.1, 0.15) is 0 Å². The molecule has 0 saturated carbocycles. The molecule has 5 nitrogen and oxygen atoms in total. The Balaban J connectivity index is 1.56. The van der Waals surface area contributed by atoms with Crippen LogP contribution in [-0.2, 0) is 6.54 Å². The highest BCUT2D eigenvalue weighted by Gasteiger charge is 2.20. The Morgan fingerprint density at radius 1 is 1.16 bits per heavy atom. The summed E-state index contributed by atoms with van der Waals surface area (Å²) < 4.78 is 16.3. The van der Waals surface area contributed by atoms with Crippen LogP contribution in [0.4, 0.5) is 0 Å². The number of nitrogens with one attached hydrogen (secondary N) is 1. The Labute approximate surface area is 149 Å². The topological polar surface area (TPSA) is 60.7 Å². The standard InChI is InChI=1S/C19H16ClNO4/c1-10-5-13-11(2)17(25-18(13)14(20)6-10)19(22)21-8-12-3-4-15-16(7-12)24-9-23-15/h3-7H,8-9H2,1-2H3,(H,21,22). The molecule has 6 heteroatoms. The van der Waals surface area contributed by atoms with Gasteiger partial charge >= 0.3 is 0 Å². The first-order valence-electron chi connectivity index (χ1n) is 7.89. The van der Waals surface area contributed by atoms with E-state index in [-0.39, 0.29) is 18.5 Å². The molecule has 128 valence electrons. The number of halogens is 1. The van der Waals surface area contributed by atoms with Gasteiger partial charge in [0.25, 0.3) is 5.91 Å². The molecule has 0 atom stereocenters. The molecule has 0 aliphatic carbocycles. The molecule has 0 fully saturated rings. The molecule has 0 unspecified atom stereocenters. The van der Waals surface area contributed by atoms with E-state index in [0.29, 0.717) is 28.6 Å². The fourth-order valence-corrected chi connectivity index (χ4v) is 3.25. The highest BCUT2D eigenvalue weighted by atomic mass is 35.5. The van der Waals surface area contributed by atoms with Crippen LogP contribution in [0.5, 0.6) is 11.5 Å². The van der Waals surface area contributed by atoms with E-state index in [1.165, 1.54) is 0 Å². The van der Waals surface area contributed by atoms with E-state index in [9.17, 15) is 4.79 Å². The lowest BCUT2D eigenvalue weighted by atomic mass is 10.1. The van der Waals surface area contributed by atoms with Gasteiger partial charge in [-0.2, -0.15) is 0 Å². The van der Waals surface area contributed by atoms with E-state index in [2.05, 4.69) is 5.32 Å². The number of rotatable bonds is 3. The minimum Gasteiger partial charge on any atom is -0.454 e. The van der Waals surface area contributed by atoms with Crippen LogP contribution < -0.4 is 14.8 Å². The summed E-state index contributed by atoms with van der Waals surface area (Å²) in [5, 5.41) is 4.24. The highest BCUT2D eigenvalue weighted by Crippen LogP contribution is 2.33. The van der Waals surface area contributed by atoms with Crippen LogP contribution in [0.3, 0.4) is 0 Å². The molecule has 0 bridgehead atoms. The summed E-state index contributed by atoms with van der Waals surface area (Å²) >= 11 is 6.23. The number of ether oxygens (including phenoxy) is 2. The molecule has 4 rings (SSSR count). The van der Waals surface area contributed by atoms with Gasteiger partial charge in [-0.3, -0.25) is 4.79 Å². The molecule has 1 N–H and O–H groups in total. The number of fused-ring (bicyclic) bond motifs is 2. The average Bonchev–Trinajstić information content (AvgIpc) is 3.17. The van der Waals surface area contributed by atoms with Crippen molar-refractivity contribution in [2.24, 2.45) is 0 Å². The van der Waals surface area contributed by atoms with Crippen molar-refractivity contribution in [2.45, 2.75) is 20.4 Å². The molecule has 25 heavy (non-hydrogen) atoms. The van der Waals surface area contributed by atoms with Gasteiger partial charge in [-0.05, 0) is 49.2 Å². The first kappa shape index (κ1) is 15.8. The third-order valence-corrected chi connectivity index (χ3v) is 4.51. The largest absolute Gasteiger partial charge is 0.454 e. The van der Waals surface area contributed by atoms with Crippen LogP contribution in [-0.4, -0.2) is 12.7 Å². The van der Waals surface area contributed by atoms with Gasteiger partial charge in [-0.25, -0.2) is 0 Å². The molecule has 0 radical (unpaired) electrons. The van der Waals surface area contributed by atoms with E-state index < -0.39 is 0 Å². The van der Waals surface area contributed by atoms with Crippen molar-refractivity contribution in [3.05, 3.63) is 57.8 Å². The average molecular weight is 358 g/mol. The zero-order valence-corrected chi connectivity index (χ0v) is 14.6. The van der Waals surface area contributed by atoms with Crippen molar-refractivity contribution in [3.63, 3.8) is 0 Å². The zero-order chi connectivity index (χ0) is 17.6. The van der Waals surface area contributed by atoms with Gasteiger partial charge in [0.2, 0.25) is 6.79 Å². The quantitative estimate of drug-likeness (QED) is 0.756. The number of amides is 1. The van der Waals surface area contributed by atoms with Gasteiger partial charge in [0.15, 0.2) is 22.8 Å². The van der Waals surface area contributed by atoms with Gasteiger partial charge in [-0.15, -0.1) is 0 Å². The molecule has 3 aromatic rings. The minimum absolute atomic E-state index is 0.226. The van der Waals surface area contributed by atoms with Crippen LogP contribution in [0.15, 0.2) is 34.7 Å². The fraction of sp³-hybridized carbons (Fsp3) is 0.211. The van der Waals surface area contributed by atoms with E-state index in [4.69, 9.17) is 25.5 Å². The minimum atomic E-state index is -0.278. The Hall–Kier alpha value is -2.66. The monoisotopic (exact) mass is 357 g/mol. The number of carbonyl (C=O) groups is 1. The van der Waals surface area contributed by atoms with Crippen molar-refractivity contribution in [1.29, 1.82) is 0 Å². The van der Waals surface area contributed by atoms with Gasteiger partial charge in [0, 0.05) is 17.5 Å². The molecule has 1 aromatic heterocycles. The van der Waals surface area contributed by atoms with Crippen LogP contribution in [0, 0.1) is 13.8 Å². The van der Waals surface area contributed by atoms with Crippen LogP contribution in [0.1, 0.15) is 27.2 Å². The molecular formula is C19H16ClNO4. The first-order chi connectivity index (χ1) is 12.0. The summed E-state index contributed by atoms with van der Waals surface area (Å²) in [4.78, 5) is 12.5. The fourth-order valence-electron chi connectivity index (χ4n) is 2.94. The number of hydrogen-bond donors (Lipinski definition) is 1. The molecule has 2 aromatic carbocycles. The SMILES string of the molecule is Cc1cc(Cl)c2oc(C(=O)NCc3ccc4c(c3)OCO4)c(C)c2c1. The summed E-state index contributed by atoms with van der Waals surface area (Å²) in [6.07, 6.45) is 0. The summed E-state index contributed by atoms with van der Waals surface area (Å²) in [6, 6.07) is 9.36. The van der Waals surface area contributed by atoms with Crippen molar-refractivity contribution >= 4 is 28.5 Å². The van der Waals surface area contributed by atoms with Crippen LogP contribution in [0.2, 0.25) is 5.02 Å². The predicted octanol–water partition coefficient (Wildman–Crippen LogP) is 4.36. The number of hydrogen-bond acceptors (Lipinski definition) is 4. The third-order valence-electron chi connectivity index (χ3n) is 4.23. The summed E-state index contributed by atoms with van der Waals surface area (Å²) in [5.41, 5.74) is 3.26. The number of carbonyl (C=O) groups excluding carboxylic acids is 1. The van der Waals surface area contributed by atoms with Crippen LogP contribution >= 0.6 is 11.6 Å². The maximum absolute atomic E-state index is 12.5.